The van der Waals surface area contributed by atoms with Gasteiger partial charge in [-0.2, -0.15) is 0 Å². The van der Waals surface area contributed by atoms with Gasteiger partial charge in [0, 0.05) is 18.2 Å². The minimum absolute atomic E-state index is 0.0524. The molecule has 2 heterocycles. The second-order valence-electron chi connectivity index (χ2n) is 6.64. The lowest BCUT2D eigenvalue weighted by molar-refractivity contribution is -0.119. The third-order valence-corrected chi connectivity index (χ3v) is 4.91. The molecule has 0 radical (unpaired) electrons. The topological polar surface area (TPSA) is 75.2 Å². The lowest BCUT2D eigenvalue weighted by Gasteiger charge is -2.23. The summed E-state index contributed by atoms with van der Waals surface area (Å²) in [5.41, 5.74) is 1.48. The van der Waals surface area contributed by atoms with Gasteiger partial charge in [-0.05, 0) is 37.1 Å². The van der Waals surface area contributed by atoms with Gasteiger partial charge < -0.3 is 4.90 Å². The van der Waals surface area contributed by atoms with Crippen LogP contribution in [0.3, 0.4) is 0 Å². The van der Waals surface area contributed by atoms with Gasteiger partial charge in [-0.15, -0.1) is 0 Å². The van der Waals surface area contributed by atoms with Crippen molar-refractivity contribution in [1.82, 2.24) is 9.78 Å². The summed E-state index contributed by atoms with van der Waals surface area (Å²) in [6, 6.07) is 14.6. The van der Waals surface area contributed by atoms with Gasteiger partial charge in [-0.1, -0.05) is 30.3 Å². The number of carbonyl (C=O) groups excluding carboxylic acids is 1. The van der Waals surface area contributed by atoms with Crippen LogP contribution in [0.5, 0.6) is 0 Å². The van der Waals surface area contributed by atoms with Crippen LogP contribution >= 0.6 is 0 Å². The number of hydrogen-bond acceptors (Lipinski definition) is 3. The second-order valence-corrected chi connectivity index (χ2v) is 6.64. The zero-order valence-electron chi connectivity index (χ0n) is 14.4. The maximum absolute atomic E-state index is 12.8. The summed E-state index contributed by atoms with van der Waals surface area (Å²) in [5.74, 6) is -0.0524. The molecule has 0 saturated heterocycles. The lowest BCUT2D eigenvalue weighted by Crippen LogP contribution is -2.37. The van der Waals surface area contributed by atoms with E-state index in [-0.39, 0.29) is 36.0 Å². The first-order valence-electron chi connectivity index (χ1n) is 8.68. The van der Waals surface area contributed by atoms with Crippen molar-refractivity contribution in [3.05, 3.63) is 74.8 Å². The van der Waals surface area contributed by atoms with Gasteiger partial charge in [-0.3, -0.25) is 19.5 Å². The van der Waals surface area contributed by atoms with Crippen molar-refractivity contribution < 1.29 is 4.79 Å². The van der Waals surface area contributed by atoms with Crippen LogP contribution < -0.4 is 16.0 Å². The molecule has 0 aliphatic carbocycles. The molecule has 1 N–H and O–H groups in total. The van der Waals surface area contributed by atoms with Crippen LogP contribution in [0.2, 0.25) is 0 Å². The number of nitrogens with one attached hydrogen (secondary N) is 1. The minimum Gasteiger partial charge on any atom is -0.309 e. The van der Waals surface area contributed by atoms with Crippen molar-refractivity contribution in [3.8, 4) is 0 Å². The summed E-state index contributed by atoms with van der Waals surface area (Å²) in [4.78, 5) is 39.3. The molecule has 1 unspecified atom stereocenters. The number of aromatic nitrogens is 2. The fourth-order valence-corrected chi connectivity index (χ4v) is 3.68. The number of anilines is 1. The largest absolute Gasteiger partial charge is 0.309 e. The highest BCUT2D eigenvalue weighted by Gasteiger charge is 2.30. The van der Waals surface area contributed by atoms with Crippen LogP contribution in [0.4, 0.5) is 5.69 Å². The molecule has 3 aromatic rings. The van der Waals surface area contributed by atoms with E-state index >= 15 is 0 Å². The van der Waals surface area contributed by atoms with E-state index in [0.29, 0.717) is 10.8 Å². The van der Waals surface area contributed by atoms with E-state index < -0.39 is 0 Å². The number of benzene rings is 2. The van der Waals surface area contributed by atoms with Crippen molar-refractivity contribution >= 4 is 22.4 Å². The summed E-state index contributed by atoms with van der Waals surface area (Å²) in [7, 11) is 0. The number of nitrogens with zero attached hydrogens (tertiary/aromatic N) is 2. The van der Waals surface area contributed by atoms with E-state index in [1.807, 2.05) is 31.2 Å². The molecular weight excluding hydrogens is 330 g/mol. The van der Waals surface area contributed by atoms with Gasteiger partial charge in [0.15, 0.2) is 0 Å². The first kappa shape index (κ1) is 16.3. The Labute approximate surface area is 149 Å². The number of hydrogen-bond donors (Lipinski definition) is 1. The van der Waals surface area contributed by atoms with Gasteiger partial charge in [0.1, 0.15) is 0 Å². The average molecular weight is 349 g/mol. The van der Waals surface area contributed by atoms with Crippen molar-refractivity contribution in [2.24, 2.45) is 0 Å². The Kier molecular flexibility index (Phi) is 3.95. The highest BCUT2D eigenvalue weighted by atomic mass is 16.2. The van der Waals surface area contributed by atoms with E-state index in [9.17, 15) is 14.4 Å². The Morgan fingerprint density at radius 2 is 1.77 bits per heavy atom. The fraction of sp³-hybridized carbons (Fsp3) is 0.250. The minimum atomic E-state index is -0.326. The predicted molar refractivity (Wildman–Crippen MR) is 101 cm³/mol. The normalized spacial score (nSPS) is 16.0. The molecule has 1 aromatic heterocycles. The van der Waals surface area contributed by atoms with Crippen LogP contribution in [-0.4, -0.2) is 21.7 Å². The summed E-state index contributed by atoms with van der Waals surface area (Å²) in [5, 5.41) is 3.30. The molecule has 4 rings (SSSR count). The molecule has 1 amide bonds. The molecule has 1 aliphatic heterocycles. The van der Waals surface area contributed by atoms with Crippen molar-refractivity contribution in [1.29, 1.82) is 0 Å². The van der Waals surface area contributed by atoms with Gasteiger partial charge in [0.05, 0.1) is 17.3 Å². The lowest BCUT2D eigenvalue weighted by atomic mass is 10.1. The second kappa shape index (κ2) is 6.29. The van der Waals surface area contributed by atoms with Crippen molar-refractivity contribution in [2.75, 3.05) is 4.90 Å². The molecule has 0 bridgehead atoms. The first-order valence-corrected chi connectivity index (χ1v) is 8.68. The Morgan fingerprint density at radius 3 is 2.58 bits per heavy atom. The van der Waals surface area contributed by atoms with Crippen LogP contribution in [0.15, 0.2) is 58.1 Å². The number of para-hydroxylation sites is 1. The van der Waals surface area contributed by atoms with Crippen molar-refractivity contribution in [3.63, 3.8) is 0 Å². The smallest absolute Gasteiger partial charge is 0.273 e. The van der Waals surface area contributed by atoms with E-state index in [1.54, 1.807) is 29.2 Å². The van der Waals surface area contributed by atoms with Crippen LogP contribution in [0.25, 0.3) is 10.8 Å². The number of carbonyl (C=O) groups is 1. The molecule has 0 saturated carbocycles. The quantitative estimate of drug-likeness (QED) is 0.786. The van der Waals surface area contributed by atoms with Crippen LogP contribution in [0, 0.1) is 0 Å². The third kappa shape index (κ3) is 2.63. The molecule has 0 fully saturated rings. The Hall–Kier alpha value is -3.15. The number of rotatable bonds is 3. The fourth-order valence-electron chi connectivity index (χ4n) is 3.68. The third-order valence-electron chi connectivity index (χ3n) is 4.91. The first-order chi connectivity index (χ1) is 12.6. The molecule has 26 heavy (non-hydrogen) atoms. The van der Waals surface area contributed by atoms with E-state index in [4.69, 9.17) is 0 Å². The van der Waals surface area contributed by atoms with Crippen LogP contribution in [-0.2, 0) is 17.8 Å². The molecule has 6 nitrogen and oxygen atoms in total. The van der Waals surface area contributed by atoms with Gasteiger partial charge in [0.25, 0.3) is 11.1 Å². The molecular formula is C20H19N3O3. The number of aromatic amines is 1. The Balaban J connectivity index is 1.59. The van der Waals surface area contributed by atoms with Crippen molar-refractivity contribution in [2.45, 2.75) is 32.4 Å². The summed E-state index contributed by atoms with van der Waals surface area (Å²) < 4.78 is 1.23. The number of H-pyrrole nitrogens is 1. The summed E-state index contributed by atoms with van der Waals surface area (Å²) in [6.07, 6.45) is 0.974. The number of aryl methyl sites for hydroxylation is 1. The number of amides is 1. The molecule has 132 valence electrons. The Morgan fingerprint density at radius 1 is 1.08 bits per heavy atom. The molecule has 6 heteroatoms. The van der Waals surface area contributed by atoms with E-state index in [2.05, 4.69) is 5.10 Å². The SMILES string of the molecule is CC1Cc2ccccc2N1C(=O)CCn1[nH]c(=O)c2ccccc2c1=O. The average Bonchev–Trinajstić information content (AvgIpc) is 2.99. The van der Waals surface area contributed by atoms with E-state index in [1.165, 1.54) is 4.68 Å². The van der Waals surface area contributed by atoms with Crippen LogP contribution in [0.1, 0.15) is 18.9 Å². The molecule has 0 spiro atoms. The monoisotopic (exact) mass is 349 g/mol. The Bertz CT molecular complexity index is 1110. The standard InChI is InChI=1S/C20H19N3O3/c1-13-12-14-6-2-5-9-17(14)23(13)18(24)10-11-22-20(26)16-8-4-3-7-15(16)19(25)21-22/h2-9,13H,10-12H2,1H3,(H,21,25). The zero-order chi connectivity index (χ0) is 18.3. The highest BCUT2D eigenvalue weighted by molar-refractivity contribution is 5.96. The summed E-state index contributed by atoms with van der Waals surface area (Å²) >= 11 is 0. The maximum atomic E-state index is 12.8. The van der Waals surface area contributed by atoms with E-state index in [0.717, 1.165) is 17.7 Å². The molecule has 1 aliphatic rings. The zero-order valence-corrected chi connectivity index (χ0v) is 14.4. The van der Waals surface area contributed by atoms with Gasteiger partial charge in [-0.25, -0.2) is 4.68 Å². The predicted octanol–water partition coefficient (Wildman–Crippen LogP) is 2.06. The highest BCUT2D eigenvalue weighted by Crippen LogP contribution is 2.32. The van der Waals surface area contributed by atoms with Gasteiger partial charge in [0.2, 0.25) is 5.91 Å². The molecule has 1 atom stereocenters. The summed E-state index contributed by atoms with van der Waals surface area (Å²) in [6.45, 7) is 2.16. The van der Waals surface area contributed by atoms with Gasteiger partial charge >= 0.3 is 0 Å². The molecule has 2 aromatic carbocycles. The maximum Gasteiger partial charge on any atom is 0.273 e. The number of fused-ring (bicyclic) bond motifs is 2.